The maximum Gasteiger partial charge on any atom is 0.418 e. The molecule has 3 N–H and O–H groups in total. The van der Waals surface area contributed by atoms with Crippen LogP contribution in [0.2, 0.25) is 0 Å². The number of nitrogens with two attached hydrogens (primary N) is 1. The Labute approximate surface area is 171 Å². The van der Waals surface area contributed by atoms with Crippen LogP contribution in [0.4, 0.5) is 18.0 Å². The van der Waals surface area contributed by atoms with Crippen molar-refractivity contribution < 1.29 is 27.5 Å². The number of aromatic nitrogens is 2. The molecule has 1 aromatic heterocycles. The van der Waals surface area contributed by atoms with Gasteiger partial charge in [0.2, 0.25) is 5.91 Å². The molecule has 162 valence electrons. The molecule has 1 aliphatic carbocycles. The van der Waals surface area contributed by atoms with Gasteiger partial charge in [-0.05, 0) is 63.8 Å². The van der Waals surface area contributed by atoms with Crippen molar-refractivity contribution in [1.29, 1.82) is 0 Å². The number of alkyl halides is 3. The van der Waals surface area contributed by atoms with E-state index in [1.807, 2.05) is 0 Å². The van der Waals surface area contributed by atoms with Gasteiger partial charge in [-0.15, -0.1) is 0 Å². The predicted molar refractivity (Wildman–Crippen MR) is 102 cm³/mol. The minimum absolute atomic E-state index is 0.0327. The van der Waals surface area contributed by atoms with E-state index in [4.69, 9.17) is 10.5 Å². The molecular weight excluding hydrogens is 401 g/mol. The van der Waals surface area contributed by atoms with Gasteiger partial charge < -0.3 is 15.8 Å². The van der Waals surface area contributed by atoms with Gasteiger partial charge in [-0.1, -0.05) is 0 Å². The number of hydrogen-bond acceptors (Lipinski definition) is 4. The molecule has 30 heavy (non-hydrogen) atoms. The minimum atomic E-state index is -4.70. The van der Waals surface area contributed by atoms with Crippen LogP contribution in [0.1, 0.15) is 60.1 Å². The van der Waals surface area contributed by atoms with E-state index in [1.165, 1.54) is 16.8 Å². The Hall–Kier alpha value is -3.04. The Morgan fingerprint density at radius 2 is 1.93 bits per heavy atom. The summed E-state index contributed by atoms with van der Waals surface area (Å²) in [5.74, 6) is -0.944. The largest absolute Gasteiger partial charge is 0.444 e. The van der Waals surface area contributed by atoms with Crippen molar-refractivity contribution in [2.45, 2.75) is 58.4 Å². The summed E-state index contributed by atoms with van der Waals surface area (Å²) in [7, 11) is 0. The van der Waals surface area contributed by atoms with Gasteiger partial charge in [0.05, 0.1) is 23.5 Å². The van der Waals surface area contributed by atoms with Crippen LogP contribution in [0, 0.1) is 0 Å². The molecule has 0 spiro atoms. The third kappa shape index (κ3) is 4.58. The molecular formula is C20H23F3N4O3. The van der Waals surface area contributed by atoms with E-state index in [9.17, 15) is 22.8 Å². The summed E-state index contributed by atoms with van der Waals surface area (Å²) >= 11 is 0. The molecule has 0 bridgehead atoms. The number of carbonyl (C=O) groups excluding carboxylic acids is 2. The Kier molecular flexibility index (Phi) is 5.53. The van der Waals surface area contributed by atoms with Gasteiger partial charge in [0, 0.05) is 11.3 Å². The maximum atomic E-state index is 13.7. The first-order valence-corrected chi connectivity index (χ1v) is 9.45. The summed E-state index contributed by atoms with van der Waals surface area (Å²) in [5, 5.41) is 6.95. The Morgan fingerprint density at radius 3 is 2.53 bits per heavy atom. The van der Waals surface area contributed by atoms with E-state index >= 15 is 0 Å². The average Bonchev–Trinajstić information content (AvgIpc) is 3.20. The van der Waals surface area contributed by atoms with E-state index < -0.39 is 29.3 Å². The van der Waals surface area contributed by atoms with E-state index in [0.717, 1.165) is 18.1 Å². The van der Waals surface area contributed by atoms with E-state index in [-0.39, 0.29) is 17.8 Å². The molecule has 1 aromatic carbocycles. The Balaban J connectivity index is 1.98. The third-order valence-electron chi connectivity index (χ3n) is 4.63. The number of nitrogens with zero attached hydrogens (tertiary/aromatic N) is 2. The monoisotopic (exact) mass is 424 g/mol. The van der Waals surface area contributed by atoms with Crippen LogP contribution in [-0.2, 0) is 30.3 Å². The predicted octanol–water partition coefficient (Wildman–Crippen LogP) is 3.50. The SMILES string of the molecule is CC(C)(C)OC(=O)NCc1nn(-c2ccc(C(N)=O)cc2C(F)(F)F)c2c1CCC2. The molecule has 1 heterocycles. The second kappa shape index (κ2) is 7.66. The summed E-state index contributed by atoms with van der Waals surface area (Å²) in [5.41, 5.74) is 5.02. The molecule has 0 atom stereocenters. The van der Waals surface area contributed by atoms with Crippen LogP contribution < -0.4 is 11.1 Å². The van der Waals surface area contributed by atoms with Crippen molar-refractivity contribution in [3.63, 3.8) is 0 Å². The minimum Gasteiger partial charge on any atom is -0.444 e. The van der Waals surface area contributed by atoms with E-state index in [2.05, 4.69) is 10.4 Å². The van der Waals surface area contributed by atoms with Gasteiger partial charge in [0.1, 0.15) is 5.60 Å². The van der Waals surface area contributed by atoms with Crippen LogP contribution in [0.5, 0.6) is 0 Å². The third-order valence-corrected chi connectivity index (χ3v) is 4.63. The first-order chi connectivity index (χ1) is 13.9. The highest BCUT2D eigenvalue weighted by molar-refractivity contribution is 5.93. The molecule has 10 heteroatoms. The number of alkyl carbamates (subject to hydrolysis) is 1. The van der Waals surface area contributed by atoms with Crippen LogP contribution >= 0.6 is 0 Å². The highest BCUT2D eigenvalue weighted by Crippen LogP contribution is 2.37. The highest BCUT2D eigenvalue weighted by atomic mass is 19.4. The van der Waals surface area contributed by atoms with Gasteiger partial charge >= 0.3 is 12.3 Å². The average molecular weight is 424 g/mol. The van der Waals surface area contributed by atoms with Crippen molar-refractivity contribution in [2.24, 2.45) is 5.73 Å². The molecule has 0 unspecified atom stereocenters. The lowest BCUT2D eigenvalue weighted by Crippen LogP contribution is -2.32. The molecule has 0 fully saturated rings. The lowest BCUT2D eigenvalue weighted by atomic mass is 10.1. The smallest absolute Gasteiger partial charge is 0.418 e. The van der Waals surface area contributed by atoms with Crippen LogP contribution in [0.15, 0.2) is 18.2 Å². The van der Waals surface area contributed by atoms with Crippen molar-refractivity contribution in [3.05, 3.63) is 46.3 Å². The number of halogens is 3. The highest BCUT2D eigenvalue weighted by Gasteiger charge is 2.36. The number of rotatable bonds is 4. The summed E-state index contributed by atoms with van der Waals surface area (Å²) in [4.78, 5) is 23.3. The van der Waals surface area contributed by atoms with Crippen molar-refractivity contribution in [1.82, 2.24) is 15.1 Å². The Bertz CT molecular complexity index is 990. The molecule has 2 aromatic rings. The number of carbonyl (C=O) groups is 2. The van der Waals surface area contributed by atoms with Crippen molar-refractivity contribution in [2.75, 3.05) is 0 Å². The second-order valence-corrected chi connectivity index (χ2v) is 8.09. The number of fused-ring (bicyclic) bond motifs is 1. The number of benzene rings is 1. The van der Waals surface area contributed by atoms with Gasteiger partial charge in [0.25, 0.3) is 0 Å². The van der Waals surface area contributed by atoms with E-state index in [0.29, 0.717) is 24.2 Å². The summed E-state index contributed by atoms with van der Waals surface area (Å²) in [6.45, 7) is 5.22. The first kappa shape index (κ1) is 21.7. The second-order valence-electron chi connectivity index (χ2n) is 8.09. The van der Waals surface area contributed by atoms with Gasteiger partial charge in [-0.25, -0.2) is 9.48 Å². The molecule has 0 saturated carbocycles. The van der Waals surface area contributed by atoms with Crippen LogP contribution in [0.25, 0.3) is 5.69 Å². The summed E-state index contributed by atoms with van der Waals surface area (Å²) < 4.78 is 47.5. The summed E-state index contributed by atoms with van der Waals surface area (Å²) in [6.07, 6.45) is -3.35. The quantitative estimate of drug-likeness (QED) is 0.785. The standard InChI is InChI=1S/C20H23F3N4O3/c1-19(2,3)30-18(29)25-10-14-12-5-4-6-15(12)27(26-14)16-8-7-11(17(24)28)9-13(16)20(21,22)23/h7-9H,4-6,10H2,1-3H3,(H2,24,28)(H,25,29). The molecule has 0 radical (unpaired) electrons. The van der Waals surface area contributed by atoms with Gasteiger partial charge in [-0.3, -0.25) is 4.79 Å². The fourth-order valence-corrected chi connectivity index (χ4v) is 3.43. The zero-order chi connectivity index (χ0) is 22.3. The zero-order valence-electron chi connectivity index (χ0n) is 16.9. The molecule has 7 nitrogen and oxygen atoms in total. The van der Waals surface area contributed by atoms with Gasteiger partial charge in [0.15, 0.2) is 0 Å². The number of amides is 2. The first-order valence-electron chi connectivity index (χ1n) is 9.45. The fraction of sp³-hybridized carbons (Fsp3) is 0.450. The van der Waals surface area contributed by atoms with E-state index in [1.54, 1.807) is 20.8 Å². The van der Waals surface area contributed by atoms with Gasteiger partial charge in [-0.2, -0.15) is 18.3 Å². The molecule has 0 saturated heterocycles. The Morgan fingerprint density at radius 1 is 1.23 bits per heavy atom. The number of nitrogens with one attached hydrogen (secondary N) is 1. The number of primary amides is 1. The lowest BCUT2D eigenvalue weighted by molar-refractivity contribution is -0.137. The number of ether oxygens (including phenoxy) is 1. The molecule has 3 rings (SSSR count). The van der Waals surface area contributed by atoms with Crippen LogP contribution in [0.3, 0.4) is 0 Å². The van der Waals surface area contributed by atoms with Crippen LogP contribution in [-0.4, -0.2) is 27.4 Å². The van der Waals surface area contributed by atoms with Crippen molar-refractivity contribution >= 4 is 12.0 Å². The molecule has 1 aliphatic rings. The number of hydrogen-bond donors (Lipinski definition) is 2. The summed E-state index contributed by atoms with van der Waals surface area (Å²) in [6, 6.07) is 3.17. The molecule has 0 aliphatic heterocycles. The maximum absolute atomic E-state index is 13.7. The topological polar surface area (TPSA) is 99.2 Å². The molecule has 2 amide bonds. The zero-order valence-corrected chi connectivity index (χ0v) is 16.9. The van der Waals surface area contributed by atoms with Crippen molar-refractivity contribution in [3.8, 4) is 5.69 Å². The lowest BCUT2D eigenvalue weighted by Gasteiger charge is -2.19. The fourth-order valence-electron chi connectivity index (χ4n) is 3.43. The normalized spacial score (nSPS) is 13.8.